The fraction of sp³-hybridized carbons (Fsp3) is 0.200. The van der Waals surface area contributed by atoms with Crippen molar-refractivity contribution in [2.75, 3.05) is 0 Å². The van der Waals surface area contributed by atoms with Crippen molar-refractivity contribution >= 4 is 6.21 Å². The summed E-state index contributed by atoms with van der Waals surface area (Å²) < 4.78 is 0. The van der Waals surface area contributed by atoms with Crippen molar-refractivity contribution in [2.24, 2.45) is 5.16 Å². The van der Waals surface area contributed by atoms with E-state index in [1.807, 2.05) is 6.92 Å². The lowest BCUT2D eigenvalue weighted by molar-refractivity contribution is 0.321. The van der Waals surface area contributed by atoms with Gasteiger partial charge in [0.2, 0.25) is 0 Å². The number of aromatic nitrogens is 2. The molecule has 0 bridgehead atoms. The quantitative estimate of drug-likeness (QED) is 0.326. The summed E-state index contributed by atoms with van der Waals surface area (Å²) in [6, 6.07) is 0. The van der Waals surface area contributed by atoms with E-state index >= 15 is 0 Å². The Bertz CT molecular complexity index is 216. The minimum Gasteiger partial charge on any atom is -0.411 e. The van der Waals surface area contributed by atoms with Gasteiger partial charge in [0.05, 0.1) is 18.1 Å². The summed E-state index contributed by atoms with van der Waals surface area (Å²) in [7, 11) is 0. The highest BCUT2D eigenvalue weighted by Crippen LogP contribution is 1.89. The fourth-order valence-corrected chi connectivity index (χ4v) is 0.568. The number of aryl methyl sites for hydroxylation is 1. The van der Waals surface area contributed by atoms with Crippen molar-refractivity contribution in [1.82, 2.24) is 9.97 Å². The molecule has 0 atom stereocenters. The maximum absolute atomic E-state index is 8.05. The second-order valence-electron chi connectivity index (χ2n) is 1.67. The first-order valence-electron chi connectivity index (χ1n) is 2.52. The molecule has 48 valence electrons. The molecule has 1 rings (SSSR count). The first kappa shape index (κ1) is 5.81. The molecule has 0 saturated heterocycles. The van der Waals surface area contributed by atoms with Crippen molar-refractivity contribution in [3.05, 3.63) is 17.7 Å². The number of hydrogen-bond donors (Lipinski definition) is 2. The van der Waals surface area contributed by atoms with E-state index in [-0.39, 0.29) is 0 Å². The van der Waals surface area contributed by atoms with Gasteiger partial charge in [0, 0.05) is 0 Å². The van der Waals surface area contributed by atoms with Crippen LogP contribution in [0.3, 0.4) is 0 Å². The van der Waals surface area contributed by atoms with Gasteiger partial charge in [0.1, 0.15) is 5.82 Å². The van der Waals surface area contributed by atoms with Crippen LogP contribution >= 0.6 is 0 Å². The zero-order valence-electron chi connectivity index (χ0n) is 5.00. The molecule has 0 saturated carbocycles. The Hall–Kier alpha value is -1.32. The number of imidazole rings is 1. The van der Waals surface area contributed by atoms with Gasteiger partial charge in [-0.3, -0.25) is 0 Å². The van der Waals surface area contributed by atoms with E-state index in [2.05, 4.69) is 15.1 Å². The normalized spacial score (nSPS) is 10.8. The van der Waals surface area contributed by atoms with Crippen LogP contribution in [-0.4, -0.2) is 21.4 Å². The smallest absolute Gasteiger partial charge is 0.103 e. The number of H-pyrrole nitrogens is 1. The van der Waals surface area contributed by atoms with Crippen LogP contribution < -0.4 is 0 Å². The Morgan fingerprint density at radius 1 is 1.89 bits per heavy atom. The number of oxime groups is 1. The van der Waals surface area contributed by atoms with Crippen molar-refractivity contribution in [1.29, 1.82) is 0 Å². The van der Waals surface area contributed by atoms with Gasteiger partial charge in [-0.05, 0) is 6.92 Å². The Kier molecular flexibility index (Phi) is 1.48. The highest BCUT2D eigenvalue weighted by Gasteiger charge is 1.89. The van der Waals surface area contributed by atoms with Gasteiger partial charge in [0.25, 0.3) is 0 Å². The third kappa shape index (κ3) is 1.28. The van der Waals surface area contributed by atoms with E-state index in [9.17, 15) is 0 Å². The zero-order chi connectivity index (χ0) is 6.69. The van der Waals surface area contributed by atoms with Gasteiger partial charge in [-0.25, -0.2) is 4.98 Å². The molecule has 0 aliphatic carbocycles. The second-order valence-corrected chi connectivity index (χ2v) is 1.67. The number of rotatable bonds is 1. The molecule has 1 heterocycles. The molecule has 1 aromatic rings. The van der Waals surface area contributed by atoms with Gasteiger partial charge in [-0.1, -0.05) is 5.16 Å². The van der Waals surface area contributed by atoms with Gasteiger partial charge < -0.3 is 10.2 Å². The zero-order valence-corrected chi connectivity index (χ0v) is 5.00. The van der Waals surface area contributed by atoms with Crippen molar-refractivity contribution < 1.29 is 5.21 Å². The van der Waals surface area contributed by atoms with Crippen LogP contribution in [0.1, 0.15) is 11.5 Å². The van der Waals surface area contributed by atoms with Gasteiger partial charge >= 0.3 is 0 Å². The van der Waals surface area contributed by atoms with E-state index in [1.54, 1.807) is 6.20 Å². The maximum atomic E-state index is 8.05. The Morgan fingerprint density at radius 2 is 2.67 bits per heavy atom. The summed E-state index contributed by atoms with van der Waals surface area (Å²) in [6.07, 6.45) is 2.88. The minimum absolute atomic E-state index is 0.704. The predicted octanol–water partition coefficient (Wildman–Crippen LogP) is 0.526. The summed E-state index contributed by atoms with van der Waals surface area (Å²) in [5.74, 6) is 0.810. The molecule has 0 aliphatic rings. The lowest BCUT2D eigenvalue weighted by Crippen LogP contribution is -1.78. The molecule has 0 aromatic carbocycles. The molecular weight excluding hydrogens is 118 g/mol. The van der Waals surface area contributed by atoms with Crippen LogP contribution in [0.15, 0.2) is 11.4 Å². The highest BCUT2D eigenvalue weighted by atomic mass is 16.4. The Morgan fingerprint density at radius 3 is 3.11 bits per heavy atom. The van der Waals surface area contributed by atoms with Crippen LogP contribution in [0.2, 0.25) is 0 Å². The number of aromatic amines is 1. The van der Waals surface area contributed by atoms with Crippen LogP contribution in [0.5, 0.6) is 0 Å². The molecule has 4 nitrogen and oxygen atoms in total. The minimum atomic E-state index is 0.704. The Labute approximate surface area is 52.2 Å². The molecule has 9 heavy (non-hydrogen) atoms. The molecule has 0 spiro atoms. The maximum Gasteiger partial charge on any atom is 0.103 e. The number of nitrogens with zero attached hydrogens (tertiary/aromatic N) is 2. The van der Waals surface area contributed by atoms with Gasteiger partial charge in [-0.2, -0.15) is 0 Å². The van der Waals surface area contributed by atoms with Crippen LogP contribution in [0.4, 0.5) is 0 Å². The number of nitrogens with one attached hydrogen (secondary N) is 1. The van der Waals surface area contributed by atoms with E-state index in [4.69, 9.17) is 5.21 Å². The van der Waals surface area contributed by atoms with Gasteiger partial charge in [-0.15, -0.1) is 0 Å². The standard InChI is InChI=1S/C5H7N3O/c1-4-6-2-5(8-4)3-7-9/h2-3,9H,1H3,(H,6,8)/b7-3+. The topological polar surface area (TPSA) is 61.3 Å². The third-order valence-corrected chi connectivity index (χ3v) is 0.919. The van der Waals surface area contributed by atoms with E-state index in [1.165, 1.54) is 6.21 Å². The first-order valence-corrected chi connectivity index (χ1v) is 2.52. The van der Waals surface area contributed by atoms with Crippen LogP contribution in [0.25, 0.3) is 0 Å². The molecule has 4 heteroatoms. The lowest BCUT2D eigenvalue weighted by atomic mass is 10.5. The highest BCUT2D eigenvalue weighted by molar-refractivity contribution is 5.75. The summed E-state index contributed by atoms with van der Waals surface area (Å²) in [4.78, 5) is 6.73. The molecular formula is C5H7N3O. The predicted molar refractivity (Wildman–Crippen MR) is 32.7 cm³/mol. The third-order valence-electron chi connectivity index (χ3n) is 0.919. The summed E-state index contributed by atoms with van der Waals surface area (Å²) >= 11 is 0. The lowest BCUT2D eigenvalue weighted by Gasteiger charge is -1.77. The molecule has 0 unspecified atom stereocenters. The molecule has 0 fully saturated rings. The molecule has 0 radical (unpaired) electrons. The van der Waals surface area contributed by atoms with Crippen molar-refractivity contribution in [3.63, 3.8) is 0 Å². The fourth-order valence-electron chi connectivity index (χ4n) is 0.568. The van der Waals surface area contributed by atoms with Crippen LogP contribution in [-0.2, 0) is 0 Å². The van der Waals surface area contributed by atoms with E-state index < -0.39 is 0 Å². The molecule has 2 N–H and O–H groups in total. The Balaban J connectivity index is 2.85. The van der Waals surface area contributed by atoms with Crippen molar-refractivity contribution in [2.45, 2.75) is 6.92 Å². The van der Waals surface area contributed by atoms with Crippen LogP contribution in [0, 0.1) is 6.92 Å². The average Bonchev–Trinajstić information content (AvgIpc) is 2.17. The molecule has 0 amide bonds. The van der Waals surface area contributed by atoms with Gasteiger partial charge in [0.15, 0.2) is 0 Å². The molecule has 1 aromatic heterocycles. The summed E-state index contributed by atoms with van der Waals surface area (Å²) in [5, 5.41) is 10.9. The van der Waals surface area contributed by atoms with Crippen molar-refractivity contribution in [3.8, 4) is 0 Å². The summed E-state index contributed by atoms with van der Waals surface area (Å²) in [5.41, 5.74) is 0.704. The second kappa shape index (κ2) is 2.30. The average molecular weight is 125 g/mol. The largest absolute Gasteiger partial charge is 0.411 e. The molecule has 0 aliphatic heterocycles. The first-order chi connectivity index (χ1) is 4.33. The van der Waals surface area contributed by atoms with E-state index in [0.29, 0.717) is 5.69 Å². The van der Waals surface area contributed by atoms with E-state index in [0.717, 1.165) is 5.82 Å². The SMILES string of the molecule is Cc1ncc(/C=N/O)[nH]1. The number of hydrogen-bond acceptors (Lipinski definition) is 3. The monoisotopic (exact) mass is 125 g/mol. The summed E-state index contributed by atoms with van der Waals surface area (Å²) in [6.45, 7) is 1.83.